The molecule has 1 aliphatic rings. The second-order valence-corrected chi connectivity index (χ2v) is 7.20. The van der Waals surface area contributed by atoms with Gasteiger partial charge >= 0.3 is 0 Å². The smallest absolute Gasteiger partial charge is 0.240 e. The van der Waals surface area contributed by atoms with Gasteiger partial charge in [-0.1, -0.05) is 25.9 Å². The molecule has 1 saturated heterocycles. The van der Waals surface area contributed by atoms with E-state index in [9.17, 15) is 4.79 Å². The maximum absolute atomic E-state index is 12.1. The molecule has 2 heterocycles. The molecule has 1 aromatic heterocycles. The summed E-state index contributed by atoms with van der Waals surface area (Å²) in [7, 11) is 0. The summed E-state index contributed by atoms with van der Waals surface area (Å²) < 4.78 is 5.19. The van der Waals surface area contributed by atoms with Crippen molar-refractivity contribution in [1.29, 1.82) is 0 Å². The Bertz CT molecular complexity index is 497. The number of nitrogens with zero attached hydrogens (tertiary/aromatic N) is 2. The molecule has 1 unspecified atom stereocenters. The summed E-state index contributed by atoms with van der Waals surface area (Å²) in [5.41, 5.74) is 6.38. The highest BCUT2D eigenvalue weighted by molar-refractivity contribution is 5.91. The van der Waals surface area contributed by atoms with Gasteiger partial charge in [-0.2, -0.15) is 0 Å². The molecule has 1 aromatic rings. The summed E-state index contributed by atoms with van der Waals surface area (Å²) in [5, 5.41) is 6.80. The number of anilines is 1. The molecule has 0 saturated carbocycles. The lowest BCUT2D eigenvalue weighted by Crippen LogP contribution is -2.40. The molecular formula is C16H29ClN4O2. The van der Waals surface area contributed by atoms with Crippen molar-refractivity contribution in [3.05, 3.63) is 11.8 Å². The number of carbonyl (C=O) groups is 1. The number of amides is 1. The van der Waals surface area contributed by atoms with Gasteiger partial charge in [0.25, 0.3) is 0 Å². The van der Waals surface area contributed by atoms with E-state index in [1.807, 2.05) is 0 Å². The predicted octanol–water partition coefficient (Wildman–Crippen LogP) is 2.39. The Kier molecular flexibility index (Phi) is 7.51. The first-order valence-electron chi connectivity index (χ1n) is 8.08. The molecule has 3 N–H and O–H groups in total. The number of nitrogens with two attached hydrogens (primary N) is 1. The molecule has 0 aromatic carbocycles. The first-order valence-corrected chi connectivity index (χ1v) is 8.08. The van der Waals surface area contributed by atoms with Crippen LogP contribution in [0.2, 0.25) is 0 Å². The lowest BCUT2D eigenvalue weighted by molar-refractivity contribution is -0.117. The van der Waals surface area contributed by atoms with Gasteiger partial charge in [-0.25, -0.2) is 0 Å². The molecule has 0 spiro atoms. The van der Waals surface area contributed by atoms with Gasteiger partial charge in [0.15, 0.2) is 0 Å². The number of carbonyl (C=O) groups excluding carboxylic acids is 1. The number of hydrogen-bond acceptors (Lipinski definition) is 5. The molecule has 1 amide bonds. The number of piperidine rings is 1. The molecule has 1 atom stereocenters. The van der Waals surface area contributed by atoms with Crippen molar-refractivity contribution in [3.8, 4) is 0 Å². The van der Waals surface area contributed by atoms with E-state index in [1.54, 1.807) is 6.07 Å². The minimum absolute atomic E-state index is 0. The van der Waals surface area contributed by atoms with Crippen LogP contribution in [-0.4, -0.2) is 42.1 Å². The van der Waals surface area contributed by atoms with Crippen molar-refractivity contribution in [2.24, 2.45) is 11.7 Å². The van der Waals surface area contributed by atoms with Crippen LogP contribution < -0.4 is 11.1 Å². The highest BCUT2D eigenvalue weighted by Gasteiger charge is 2.23. The zero-order chi connectivity index (χ0) is 16.2. The van der Waals surface area contributed by atoms with E-state index in [0.717, 1.165) is 38.2 Å². The number of likely N-dealkylation sites (tertiary alicyclic amines) is 1. The van der Waals surface area contributed by atoms with E-state index < -0.39 is 0 Å². The Morgan fingerprint density at radius 1 is 1.52 bits per heavy atom. The summed E-state index contributed by atoms with van der Waals surface area (Å²) >= 11 is 0. The maximum atomic E-state index is 12.1. The van der Waals surface area contributed by atoms with E-state index in [0.29, 0.717) is 18.3 Å². The normalized spacial score (nSPS) is 19.2. The molecule has 0 radical (unpaired) electrons. The topological polar surface area (TPSA) is 84.4 Å². The number of rotatable bonds is 5. The molecule has 7 heteroatoms. The Morgan fingerprint density at radius 3 is 2.87 bits per heavy atom. The second-order valence-electron chi connectivity index (χ2n) is 7.20. The van der Waals surface area contributed by atoms with E-state index in [1.165, 1.54) is 6.42 Å². The van der Waals surface area contributed by atoms with Gasteiger partial charge in [-0.15, -0.1) is 12.4 Å². The molecule has 23 heavy (non-hydrogen) atoms. The molecule has 2 rings (SSSR count). The second kappa shape index (κ2) is 8.66. The summed E-state index contributed by atoms with van der Waals surface area (Å²) in [6, 6.07) is 1.80. The van der Waals surface area contributed by atoms with Crippen LogP contribution in [0.25, 0.3) is 0 Å². The highest BCUT2D eigenvalue weighted by Crippen LogP contribution is 2.24. The first kappa shape index (κ1) is 19.9. The van der Waals surface area contributed by atoms with Gasteiger partial charge < -0.3 is 10.3 Å². The van der Waals surface area contributed by atoms with Gasteiger partial charge in [0.2, 0.25) is 11.8 Å². The molecule has 0 bridgehead atoms. The van der Waals surface area contributed by atoms with E-state index >= 15 is 0 Å². The minimum atomic E-state index is -0.0885. The average molecular weight is 345 g/mol. The molecule has 132 valence electrons. The zero-order valence-corrected chi connectivity index (χ0v) is 15.1. The van der Waals surface area contributed by atoms with Gasteiger partial charge in [0.1, 0.15) is 0 Å². The third-order valence-electron chi connectivity index (χ3n) is 4.09. The summed E-state index contributed by atoms with van der Waals surface area (Å²) in [4.78, 5) is 14.3. The molecule has 0 aliphatic carbocycles. The molecule has 1 aliphatic heterocycles. The van der Waals surface area contributed by atoms with Crippen LogP contribution in [-0.2, 0) is 10.2 Å². The quantitative estimate of drug-likeness (QED) is 0.856. The van der Waals surface area contributed by atoms with Crippen LogP contribution in [0.3, 0.4) is 0 Å². The fourth-order valence-electron chi connectivity index (χ4n) is 2.83. The van der Waals surface area contributed by atoms with E-state index in [-0.39, 0.29) is 23.7 Å². The molecule has 1 fully saturated rings. The van der Waals surface area contributed by atoms with Crippen LogP contribution >= 0.6 is 12.4 Å². The fraction of sp³-hybridized carbons (Fsp3) is 0.750. The molecular weight excluding hydrogens is 316 g/mol. The summed E-state index contributed by atoms with van der Waals surface area (Å²) in [5.74, 6) is 0.986. The van der Waals surface area contributed by atoms with E-state index in [2.05, 4.69) is 36.1 Å². The van der Waals surface area contributed by atoms with Crippen LogP contribution in [0, 0.1) is 5.92 Å². The van der Waals surface area contributed by atoms with Crippen molar-refractivity contribution in [2.45, 2.75) is 45.4 Å². The standard InChI is InChI=1S/C16H28N4O2.ClH/c1-16(2,3)13-9-15(22-19-13)18-14(21)11-20-8-4-5-12(10-20)6-7-17;/h9,12H,4-8,10-11,17H2,1-3H3,(H,18,21);1H. The highest BCUT2D eigenvalue weighted by atomic mass is 35.5. The predicted molar refractivity (Wildman–Crippen MR) is 93.9 cm³/mol. The monoisotopic (exact) mass is 344 g/mol. The SMILES string of the molecule is CC(C)(C)c1cc(NC(=O)CN2CCCC(CCN)C2)on1.Cl. The number of nitrogens with one attached hydrogen (secondary N) is 1. The Hall–Kier alpha value is -1.11. The van der Waals surface area contributed by atoms with Gasteiger partial charge in [0, 0.05) is 18.0 Å². The lowest BCUT2D eigenvalue weighted by Gasteiger charge is -2.31. The minimum Gasteiger partial charge on any atom is -0.338 e. The number of hydrogen-bond donors (Lipinski definition) is 2. The van der Waals surface area contributed by atoms with E-state index in [4.69, 9.17) is 10.3 Å². The Labute approximate surface area is 144 Å². The Balaban J connectivity index is 0.00000264. The summed E-state index contributed by atoms with van der Waals surface area (Å²) in [6.07, 6.45) is 3.38. The third-order valence-corrected chi connectivity index (χ3v) is 4.09. The van der Waals surface area contributed by atoms with Crippen LogP contribution in [0.15, 0.2) is 10.6 Å². The molecule has 6 nitrogen and oxygen atoms in total. The largest absolute Gasteiger partial charge is 0.338 e. The van der Waals surface area contributed by atoms with Crippen molar-refractivity contribution in [2.75, 3.05) is 31.5 Å². The summed E-state index contributed by atoms with van der Waals surface area (Å²) in [6.45, 7) is 9.21. The zero-order valence-electron chi connectivity index (χ0n) is 14.3. The number of aromatic nitrogens is 1. The van der Waals surface area contributed by atoms with Crippen LogP contribution in [0.1, 0.15) is 45.7 Å². The fourth-order valence-corrected chi connectivity index (χ4v) is 2.83. The average Bonchev–Trinajstić information content (AvgIpc) is 2.87. The first-order chi connectivity index (χ1) is 10.4. The number of halogens is 1. The Morgan fingerprint density at radius 2 is 2.26 bits per heavy atom. The van der Waals surface area contributed by atoms with Gasteiger partial charge in [-0.3, -0.25) is 15.0 Å². The van der Waals surface area contributed by atoms with Crippen molar-refractivity contribution >= 4 is 24.2 Å². The van der Waals surface area contributed by atoms with Crippen LogP contribution in [0.4, 0.5) is 5.88 Å². The third kappa shape index (κ3) is 6.12. The van der Waals surface area contributed by atoms with Crippen molar-refractivity contribution in [1.82, 2.24) is 10.1 Å². The van der Waals surface area contributed by atoms with Crippen molar-refractivity contribution in [3.63, 3.8) is 0 Å². The maximum Gasteiger partial charge on any atom is 0.240 e. The van der Waals surface area contributed by atoms with Crippen molar-refractivity contribution < 1.29 is 9.32 Å². The van der Waals surface area contributed by atoms with Gasteiger partial charge in [0.05, 0.1) is 12.2 Å². The van der Waals surface area contributed by atoms with Crippen LogP contribution in [0.5, 0.6) is 0 Å². The lowest BCUT2D eigenvalue weighted by atomic mass is 9.92. The van der Waals surface area contributed by atoms with Gasteiger partial charge in [-0.05, 0) is 38.3 Å².